The van der Waals surface area contributed by atoms with Crippen molar-refractivity contribution >= 4 is 45.9 Å². The first-order chi connectivity index (χ1) is 24.1. The van der Waals surface area contributed by atoms with Gasteiger partial charge in [-0.2, -0.15) is 0 Å². The molecule has 2 aliphatic rings. The number of hydrogen-bond donors (Lipinski definition) is 0. The van der Waals surface area contributed by atoms with E-state index in [1.807, 2.05) is 6.07 Å². The Morgan fingerprint density at radius 3 is 1.71 bits per heavy atom. The van der Waals surface area contributed by atoms with Gasteiger partial charge in [0, 0.05) is 34.2 Å². The fourth-order valence-electron chi connectivity index (χ4n) is 7.33. The van der Waals surface area contributed by atoms with E-state index in [1.54, 1.807) is 11.8 Å². The Morgan fingerprint density at radius 2 is 1.02 bits per heavy atom. The monoisotopic (exact) mass is 650 g/mol. The molecule has 0 saturated carbocycles. The van der Waals surface area contributed by atoms with Crippen LogP contribution in [-0.2, 0) is 5.41 Å². The Balaban J connectivity index is 1.30. The summed E-state index contributed by atoms with van der Waals surface area (Å²) in [5, 5.41) is 0. The summed E-state index contributed by atoms with van der Waals surface area (Å²) >= 11 is 1.77. The molecule has 0 unspecified atom stereocenters. The van der Waals surface area contributed by atoms with Gasteiger partial charge in [0.15, 0.2) is 0 Å². The van der Waals surface area contributed by atoms with E-state index in [0.29, 0.717) is 0 Å². The number of anilines is 6. The van der Waals surface area contributed by atoms with Crippen molar-refractivity contribution in [1.29, 1.82) is 0 Å². The maximum atomic E-state index is 6.78. The van der Waals surface area contributed by atoms with E-state index in [-0.39, 0.29) is 5.41 Å². The van der Waals surface area contributed by atoms with Crippen LogP contribution in [-0.4, -0.2) is 0 Å². The smallest absolute Gasteiger partial charge is 0.145 e. The third-order valence-corrected chi connectivity index (χ3v) is 10.8. The zero-order valence-corrected chi connectivity index (χ0v) is 28.2. The molecular formula is C45H34N2OS. The minimum absolute atomic E-state index is 0.125. The fourth-order valence-corrected chi connectivity index (χ4v) is 8.36. The van der Waals surface area contributed by atoms with Crippen molar-refractivity contribution in [1.82, 2.24) is 0 Å². The molecule has 0 fully saturated rings. The second-order valence-corrected chi connectivity index (χ2v) is 14.1. The second-order valence-electron chi connectivity index (χ2n) is 13.0. The zero-order valence-electron chi connectivity index (χ0n) is 27.4. The predicted octanol–water partition coefficient (Wildman–Crippen LogP) is 13.2. The molecule has 7 aromatic rings. The van der Waals surface area contributed by atoms with E-state index >= 15 is 0 Å². The lowest BCUT2D eigenvalue weighted by molar-refractivity contribution is 0.455. The van der Waals surface area contributed by atoms with Gasteiger partial charge in [0.2, 0.25) is 0 Å². The van der Waals surface area contributed by atoms with Gasteiger partial charge in [-0.15, -0.1) is 0 Å². The summed E-state index contributed by atoms with van der Waals surface area (Å²) in [6, 6.07) is 60.5. The summed E-state index contributed by atoms with van der Waals surface area (Å²) in [5.41, 5.74) is 11.6. The minimum Gasteiger partial charge on any atom is -0.455 e. The number of ether oxygens (including phenoxy) is 1. The van der Waals surface area contributed by atoms with Gasteiger partial charge < -0.3 is 14.5 Å². The molecule has 1 aliphatic heterocycles. The number of para-hydroxylation sites is 4. The molecule has 49 heavy (non-hydrogen) atoms. The summed E-state index contributed by atoms with van der Waals surface area (Å²) in [7, 11) is 0. The molecule has 0 amide bonds. The van der Waals surface area contributed by atoms with Crippen LogP contribution in [0.1, 0.15) is 25.0 Å². The van der Waals surface area contributed by atoms with Crippen LogP contribution in [0, 0.1) is 0 Å². The second kappa shape index (κ2) is 11.8. The molecule has 236 valence electrons. The summed E-state index contributed by atoms with van der Waals surface area (Å²) in [6.07, 6.45) is 0. The summed E-state index contributed by atoms with van der Waals surface area (Å²) in [4.78, 5) is 6.89. The third-order valence-electron chi connectivity index (χ3n) is 9.67. The van der Waals surface area contributed by atoms with Crippen molar-refractivity contribution in [3.63, 3.8) is 0 Å². The van der Waals surface area contributed by atoms with Crippen LogP contribution in [0.2, 0.25) is 0 Å². The van der Waals surface area contributed by atoms with Gasteiger partial charge in [0.1, 0.15) is 11.5 Å². The number of rotatable bonds is 6. The molecule has 4 heteroatoms. The minimum atomic E-state index is -0.125. The lowest BCUT2D eigenvalue weighted by Gasteiger charge is -2.34. The number of nitrogens with zero attached hydrogens (tertiary/aromatic N) is 2. The topological polar surface area (TPSA) is 15.7 Å². The molecule has 7 aromatic carbocycles. The highest BCUT2D eigenvalue weighted by atomic mass is 32.2. The summed E-state index contributed by atoms with van der Waals surface area (Å²) < 4.78 is 6.78. The fraction of sp³-hybridized carbons (Fsp3) is 0.0667. The van der Waals surface area contributed by atoms with Crippen molar-refractivity contribution in [3.8, 4) is 22.6 Å². The largest absolute Gasteiger partial charge is 0.455 e. The average molecular weight is 651 g/mol. The van der Waals surface area contributed by atoms with Gasteiger partial charge in [0.05, 0.1) is 21.2 Å². The Morgan fingerprint density at radius 1 is 0.449 bits per heavy atom. The van der Waals surface area contributed by atoms with Crippen molar-refractivity contribution in [2.45, 2.75) is 29.1 Å². The molecule has 0 aromatic heterocycles. The third kappa shape index (κ3) is 4.99. The van der Waals surface area contributed by atoms with Crippen LogP contribution in [0.5, 0.6) is 11.5 Å². The molecule has 0 saturated heterocycles. The zero-order chi connectivity index (χ0) is 33.0. The Bertz CT molecular complexity index is 2280. The molecule has 0 atom stereocenters. The van der Waals surface area contributed by atoms with E-state index in [0.717, 1.165) is 55.4 Å². The quantitative estimate of drug-likeness (QED) is 0.178. The van der Waals surface area contributed by atoms with Crippen LogP contribution >= 0.6 is 11.8 Å². The summed E-state index contributed by atoms with van der Waals surface area (Å²) in [5.74, 6) is 1.71. The molecule has 0 radical (unpaired) electrons. The van der Waals surface area contributed by atoms with Gasteiger partial charge in [-0.05, 0) is 89.0 Å². The Labute approximate surface area is 292 Å². The molecule has 0 spiro atoms. The van der Waals surface area contributed by atoms with Crippen LogP contribution in [0.15, 0.2) is 180 Å². The highest BCUT2D eigenvalue weighted by Gasteiger charge is 2.36. The van der Waals surface area contributed by atoms with Crippen LogP contribution in [0.4, 0.5) is 34.1 Å². The van der Waals surface area contributed by atoms with Crippen molar-refractivity contribution in [2.75, 3.05) is 9.80 Å². The van der Waals surface area contributed by atoms with Crippen molar-refractivity contribution in [2.24, 2.45) is 0 Å². The highest BCUT2D eigenvalue weighted by molar-refractivity contribution is 7.99. The van der Waals surface area contributed by atoms with E-state index in [2.05, 4.69) is 187 Å². The number of hydrogen-bond acceptors (Lipinski definition) is 4. The Kier molecular flexibility index (Phi) is 7.07. The number of fused-ring (bicyclic) bond motifs is 5. The van der Waals surface area contributed by atoms with E-state index < -0.39 is 0 Å². The van der Waals surface area contributed by atoms with Gasteiger partial charge >= 0.3 is 0 Å². The predicted molar refractivity (Wildman–Crippen MR) is 204 cm³/mol. The Hall–Kier alpha value is -5.71. The standard InChI is InChI=1S/C45H34N2OS/c1-45(2)38-23-13-12-22-36(38)37-27-26-34(28-39(37)45)47(33-20-10-5-11-21-33)40-29-35(30-42-44(40)49-43-25-15-14-24-41(43)48-42)46(31-16-6-3-7-17-31)32-18-8-4-9-19-32/h3-30H,1-2H3. The SMILES string of the molecule is CC1(C)c2ccccc2-c2ccc(N(c3ccccc3)c3cc(N(c4ccccc4)c4ccccc4)cc4c3Sc3ccccc3O4)cc21. The molecule has 0 N–H and O–H groups in total. The molecule has 1 aliphatic carbocycles. The van der Waals surface area contributed by atoms with Crippen LogP contribution in [0.25, 0.3) is 11.1 Å². The molecule has 1 heterocycles. The number of benzene rings is 7. The first kappa shape index (κ1) is 29.4. The van der Waals surface area contributed by atoms with Crippen LogP contribution in [0.3, 0.4) is 0 Å². The molecule has 3 nitrogen and oxygen atoms in total. The summed E-state index contributed by atoms with van der Waals surface area (Å²) in [6.45, 7) is 4.68. The van der Waals surface area contributed by atoms with Gasteiger partial charge in [-0.1, -0.05) is 123 Å². The lowest BCUT2D eigenvalue weighted by atomic mass is 9.82. The molecule has 0 bridgehead atoms. The van der Waals surface area contributed by atoms with Crippen molar-refractivity contribution in [3.05, 3.63) is 181 Å². The van der Waals surface area contributed by atoms with E-state index in [9.17, 15) is 0 Å². The van der Waals surface area contributed by atoms with Crippen molar-refractivity contribution < 1.29 is 4.74 Å². The van der Waals surface area contributed by atoms with Gasteiger partial charge in [-0.25, -0.2) is 0 Å². The maximum absolute atomic E-state index is 6.78. The van der Waals surface area contributed by atoms with Gasteiger partial charge in [0.25, 0.3) is 0 Å². The van der Waals surface area contributed by atoms with Gasteiger partial charge in [-0.3, -0.25) is 0 Å². The van der Waals surface area contributed by atoms with E-state index in [4.69, 9.17) is 4.74 Å². The van der Waals surface area contributed by atoms with Crippen LogP contribution < -0.4 is 14.5 Å². The molecular weight excluding hydrogens is 617 g/mol. The first-order valence-corrected chi connectivity index (χ1v) is 17.5. The molecule has 9 rings (SSSR count). The van der Waals surface area contributed by atoms with E-state index in [1.165, 1.54) is 22.3 Å². The average Bonchev–Trinajstić information content (AvgIpc) is 3.38. The first-order valence-electron chi connectivity index (χ1n) is 16.7. The lowest BCUT2D eigenvalue weighted by Crippen LogP contribution is -2.17. The normalized spacial score (nSPS) is 13.3. The maximum Gasteiger partial charge on any atom is 0.145 e. The highest BCUT2D eigenvalue weighted by Crippen LogP contribution is 2.57.